The van der Waals surface area contributed by atoms with Gasteiger partial charge in [-0.2, -0.15) is 0 Å². The summed E-state index contributed by atoms with van der Waals surface area (Å²) in [5, 5.41) is 0. The van der Waals surface area contributed by atoms with E-state index in [4.69, 9.17) is 0 Å². The van der Waals surface area contributed by atoms with Crippen molar-refractivity contribution in [2.45, 2.75) is 71.1 Å². The first-order valence-electron chi connectivity index (χ1n) is 6.36. The second-order valence-corrected chi connectivity index (χ2v) is 4.02. The standard InChI is InChI=1S/C14H27/c1-3-5-7-9-11-13-14-12-10-8-6-4-2/h10,12H,1,3-9,11,13-14H2,2H3. The normalized spacial score (nSPS) is 11.3. The van der Waals surface area contributed by atoms with Gasteiger partial charge >= 0.3 is 0 Å². The lowest BCUT2D eigenvalue weighted by Crippen LogP contribution is -1.77. The maximum absolute atomic E-state index is 3.85. The van der Waals surface area contributed by atoms with Crippen molar-refractivity contribution in [2.75, 3.05) is 0 Å². The summed E-state index contributed by atoms with van der Waals surface area (Å²) in [5.41, 5.74) is 0. The number of unbranched alkanes of at least 4 members (excludes halogenated alkanes) is 8. The van der Waals surface area contributed by atoms with E-state index in [0.717, 1.165) is 6.42 Å². The van der Waals surface area contributed by atoms with Crippen LogP contribution >= 0.6 is 0 Å². The molecule has 14 heavy (non-hydrogen) atoms. The first-order chi connectivity index (χ1) is 6.91. The van der Waals surface area contributed by atoms with E-state index in [-0.39, 0.29) is 0 Å². The summed E-state index contributed by atoms with van der Waals surface area (Å²) in [6.07, 6.45) is 17.9. The topological polar surface area (TPSA) is 0 Å². The van der Waals surface area contributed by atoms with E-state index in [1.807, 2.05) is 0 Å². The first-order valence-corrected chi connectivity index (χ1v) is 6.36. The average molecular weight is 195 g/mol. The molecule has 0 rings (SSSR count). The summed E-state index contributed by atoms with van der Waals surface area (Å²) in [6, 6.07) is 0. The highest BCUT2D eigenvalue weighted by Crippen LogP contribution is 2.07. The Labute approximate surface area is 90.8 Å². The summed E-state index contributed by atoms with van der Waals surface area (Å²) >= 11 is 0. The van der Waals surface area contributed by atoms with Gasteiger partial charge in [0.25, 0.3) is 0 Å². The Morgan fingerprint density at radius 2 is 1.36 bits per heavy atom. The van der Waals surface area contributed by atoms with Crippen LogP contribution in [-0.2, 0) is 0 Å². The van der Waals surface area contributed by atoms with Crippen molar-refractivity contribution in [2.24, 2.45) is 0 Å². The molecule has 0 atom stereocenters. The van der Waals surface area contributed by atoms with Crippen molar-refractivity contribution < 1.29 is 0 Å². The van der Waals surface area contributed by atoms with Crippen molar-refractivity contribution in [3.8, 4) is 0 Å². The molecule has 0 bridgehead atoms. The number of hydrogen-bond donors (Lipinski definition) is 0. The van der Waals surface area contributed by atoms with Gasteiger partial charge < -0.3 is 0 Å². The smallest absolute Gasteiger partial charge is 0.0351 e. The molecule has 0 heteroatoms. The lowest BCUT2D eigenvalue weighted by atomic mass is 10.1. The molecule has 0 nitrogen and oxygen atoms in total. The summed E-state index contributed by atoms with van der Waals surface area (Å²) in [5.74, 6) is 0. The molecule has 0 saturated heterocycles. The van der Waals surface area contributed by atoms with Gasteiger partial charge in [0, 0.05) is 0 Å². The quantitative estimate of drug-likeness (QED) is 0.328. The van der Waals surface area contributed by atoms with Crippen molar-refractivity contribution in [1.82, 2.24) is 0 Å². The molecular formula is C14H27. The molecule has 0 unspecified atom stereocenters. The maximum atomic E-state index is 3.85. The van der Waals surface area contributed by atoms with Crippen molar-refractivity contribution in [3.05, 3.63) is 19.1 Å². The Hall–Kier alpha value is -0.260. The van der Waals surface area contributed by atoms with E-state index in [1.54, 1.807) is 0 Å². The number of hydrogen-bond acceptors (Lipinski definition) is 0. The number of rotatable bonds is 10. The number of allylic oxidation sites excluding steroid dienone is 2. The lowest BCUT2D eigenvalue weighted by molar-refractivity contribution is 0.621. The van der Waals surface area contributed by atoms with Gasteiger partial charge in [0.05, 0.1) is 0 Å². The van der Waals surface area contributed by atoms with Crippen LogP contribution in [0.1, 0.15) is 71.1 Å². The first kappa shape index (κ1) is 13.7. The van der Waals surface area contributed by atoms with Crippen LogP contribution in [-0.4, -0.2) is 0 Å². The molecule has 0 N–H and O–H groups in total. The fourth-order valence-electron chi connectivity index (χ4n) is 1.53. The second kappa shape index (κ2) is 12.7. The van der Waals surface area contributed by atoms with E-state index in [2.05, 4.69) is 26.0 Å². The van der Waals surface area contributed by atoms with Crippen LogP contribution < -0.4 is 0 Å². The van der Waals surface area contributed by atoms with Gasteiger partial charge in [0.15, 0.2) is 0 Å². The van der Waals surface area contributed by atoms with Crippen molar-refractivity contribution >= 4 is 0 Å². The predicted molar refractivity (Wildman–Crippen MR) is 66.3 cm³/mol. The maximum Gasteiger partial charge on any atom is -0.0351 e. The molecule has 0 aromatic heterocycles. The van der Waals surface area contributed by atoms with Crippen molar-refractivity contribution in [1.29, 1.82) is 0 Å². The zero-order valence-corrected chi connectivity index (χ0v) is 9.93. The van der Waals surface area contributed by atoms with Gasteiger partial charge in [0.1, 0.15) is 0 Å². The van der Waals surface area contributed by atoms with Crippen LogP contribution in [0.4, 0.5) is 0 Å². The van der Waals surface area contributed by atoms with Gasteiger partial charge in [-0.05, 0) is 19.3 Å². The molecule has 0 aliphatic heterocycles. The molecule has 83 valence electrons. The molecule has 1 radical (unpaired) electrons. The average Bonchev–Trinajstić information content (AvgIpc) is 2.21. The molecule has 0 aliphatic carbocycles. The van der Waals surface area contributed by atoms with E-state index < -0.39 is 0 Å². The second-order valence-electron chi connectivity index (χ2n) is 4.02. The van der Waals surface area contributed by atoms with E-state index >= 15 is 0 Å². The molecule has 0 amide bonds. The van der Waals surface area contributed by atoms with Gasteiger partial charge in [0.2, 0.25) is 0 Å². The zero-order valence-electron chi connectivity index (χ0n) is 9.93. The highest BCUT2D eigenvalue weighted by Gasteiger charge is 1.87. The monoisotopic (exact) mass is 195 g/mol. The van der Waals surface area contributed by atoms with Crippen LogP contribution in [0.2, 0.25) is 0 Å². The molecule has 0 fully saturated rings. The fourth-order valence-corrected chi connectivity index (χ4v) is 1.53. The highest BCUT2D eigenvalue weighted by atomic mass is 13.9. The summed E-state index contributed by atoms with van der Waals surface area (Å²) in [6.45, 7) is 6.10. The molecular weight excluding hydrogens is 168 g/mol. The van der Waals surface area contributed by atoms with E-state index in [1.165, 1.54) is 57.8 Å². The summed E-state index contributed by atoms with van der Waals surface area (Å²) < 4.78 is 0. The predicted octanol–water partition coefficient (Wildman–Crippen LogP) is 5.30. The Balaban J connectivity index is 2.94. The Morgan fingerprint density at radius 1 is 0.786 bits per heavy atom. The van der Waals surface area contributed by atoms with E-state index in [9.17, 15) is 0 Å². The minimum absolute atomic E-state index is 1.11. The van der Waals surface area contributed by atoms with Crippen molar-refractivity contribution in [3.63, 3.8) is 0 Å². The van der Waals surface area contributed by atoms with Crippen LogP contribution in [0.3, 0.4) is 0 Å². The van der Waals surface area contributed by atoms with Gasteiger partial charge in [-0.3, -0.25) is 0 Å². The zero-order chi connectivity index (χ0) is 10.5. The van der Waals surface area contributed by atoms with Crippen LogP contribution in [0.15, 0.2) is 12.2 Å². The SMILES string of the molecule is [CH2]CCCCCCCC=CCCCC. The molecule has 0 aliphatic rings. The van der Waals surface area contributed by atoms with Crippen LogP contribution in [0.5, 0.6) is 0 Å². The summed E-state index contributed by atoms with van der Waals surface area (Å²) in [7, 11) is 0. The van der Waals surface area contributed by atoms with Gasteiger partial charge in [-0.25, -0.2) is 0 Å². The molecule has 0 aromatic rings. The third-order valence-corrected chi connectivity index (χ3v) is 2.51. The Kier molecular flexibility index (Phi) is 12.5. The Morgan fingerprint density at radius 3 is 2.00 bits per heavy atom. The Bertz CT molecular complexity index is 113. The fraction of sp³-hybridized carbons (Fsp3) is 0.786. The minimum Gasteiger partial charge on any atom is -0.0885 e. The molecule has 0 heterocycles. The molecule has 0 saturated carbocycles. The van der Waals surface area contributed by atoms with Crippen LogP contribution in [0.25, 0.3) is 0 Å². The molecule has 0 spiro atoms. The van der Waals surface area contributed by atoms with E-state index in [0.29, 0.717) is 0 Å². The summed E-state index contributed by atoms with van der Waals surface area (Å²) in [4.78, 5) is 0. The molecule has 0 aromatic carbocycles. The minimum atomic E-state index is 1.11. The van der Waals surface area contributed by atoms with Gasteiger partial charge in [-0.1, -0.05) is 70.9 Å². The van der Waals surface area contributed by atoms with Crippen LogP contribution in [0, 0.1) is 6.92 Å². The third kappa shape index (κ3) is 11.7. The highest BCUT2D eigenvalue weighted by molar-refractivity contribution is 4.80. The lowest BCUT2D eigenvalue weighted by Gasteiger charge is -1.97. The van der Waals surface area contributed by atoms with Gasteiger partial charge in [-0.15, -0.1) is 0 Å². The third-order valence-electron chi connectivity index (χ3n) is 2.51. The largest absolute Gasteiger partial charge is 0.0885 e.